The van der Waals surface area contributed by atoms with Gasteiger partial charge in [-0.2, -0.15) is 5.10 Å². The van der Waals surface area contributed by atoms with Crippen molar-refractivity contribution in [3.63, 3.8) is 0 Å². The molecular formula is C13H15N3O3S. The lowest BCUT2D eigenvalue weighted by Gasteiger charge is -2.01. The van der Waals surface area contributed by atoms with Crippen LogP contribution in [0.4, 0.5) is 0 Å². The summed E-state index contributed by atoms with van der Waals surface area (Å²) in [6, 6.07) is 3.50. The maximum Gasteiger partial charge on any atom is 0.153 e. The molecule has 0 amide bonds. The first-order valence-corrected chi connectivity index (χ1v) is 8.01. The molecular weight excluding hydrogens is 278 g/mol. The third kappa shape index (κ3) is 3.30. The molecule has 7 heteroatoms. The summed E-state index contributed by atoms with van der Waals surface area (Å²) in [5.41, 5.74) is 1.75. The smallest absolute Gasteiger partial charge is 0.153 e. The van der Waals surface area contributed by atoms with Gasteiger partial charge in [-0.05, 0) is 12.1 Å². The van der Waals surface area contributed by atoms with Crippen molar-refractivity contribution in [2.45, 2.75) is 13.5 Å². The van der Waals surface area contributed by atoms with Gasteiger partial charge in [0, 0.05) is 29.9 Å². The van der Waals surface area contributed by atoms with E-state index in [1.54, 1.807) is 37.6 Å². The zero-order chi connectivity index (χ0) is 14.6. The molecule has 106 valence electrons. The number of nitrogens with zero attached hydrogens (tertiary/aromatic N) is 3. The fraction of sp³-hybridized carbons (Fsp3) is 0.308. The monoisotopic (exact) mass is 293 g/mol. The van der Waals surface area contributed by atoms with E-state index in [2.05, 4.69) is 10.1 Å². The largest absolute Gasteiger partial charge is 0.298 e. The number of sulfone groups is 1. The van der Waals surface area contributed by atoms with E-state index in [0.717, 1.165) is 5.56 Å². The minimum Gasteiger partial charge on any atom is -0.298 e. The van der Waals surface area contributed by atoms with Crippen molar-refractivity contribution in [1.29, 1.82) is 0 Å². The second kappa shape index (κ2) is 5.96. The highest BCUT2D eigenvalue weighted by Crippen LogP contribution is 2.19. The third-order valence-electron chi connectivity index (χ3n) is 2.94. The summed E-state index contributed by atoms with van der Waals surface area (Å²) in [5.74, 6) is 0.116. The second-order valence-corrected chi connectivity index (χ2v) is 6.76. The zero-order valence-electron chi connectivity index (χ0n) is 11.1. The van der Waals surface area contributed by atoms with Crippen LogP contribution in [0.5, 0.6) is 0 Å². The molecule has 0 N–H and O–H groups in total. The number of aldehydes is 1. The first-order valence-electron chi connectivity index (χ1n) is 6.19. The molecule has 6 nitrogen and oxygen atoms in total. The number of hydrogen-bond acceptors (Lipinski definition) is 5. The number of carbonyl (C=O) groups is 1. The van der Waals surface area contributed by atoms with E-state index in [-0.39, 0.29) is 18.1 Å². The Balaban J connectivity index is 2.26. The number of hydrogen-bond donors (Lipinski definition) is 0. The lowest BCUT2D eigenvalue weighted by atomic mass is 10.1. The predicted molar refractivity (Wildman–Crippen MR) is 75.2 cm³/mol. The van der Waals surface area contributed by atoms with Crippen molar-refractivity contribution in [3.05, 3.63) is 36.3 Å². The Bertz CT molecular complexity index is 693. The topological polar surface area (TPSA) is 81.9 Å². The molecule has 2 aromatic heterocycles. The first kappa shape index (κ1) is 14.4. The number of carbonyl (C=O) groups excluding carboxylic acids is 1. The average Bonchev–Trinajstić information content (AvgIpc) is 2.90. The van der Waals surface area contributed by atoms with Gasteiger partial charge in [0.1, 0.15) is 5.69 Å². The number of pyridine rings is 1. The van der Waals surface area contributed by atoms with Crippen LogP contribution in [-0.2, 0) is 16.4 Å². The number of aromatic nitrogens is 3. The molecule has 0 bridgehead atoms. The molecule has 0 unspecified atom stereocenters. The Morgan fingerprint density at radius 1 is 1.30 bits per heavy atom. The Hall–Kier alpha value is -2.02. The predicted octanol–water partition coefficient (Wildman–Crippen LogP) is 1.19. The molecule has 0 aliphatic heterocycles. The van der Waals surface area contributed by atoms with Crippen LogP contribution in [0.2, 0.25) is 0 Å². The van der Waals surface area contributed by atoms with Crippen molar-refractivity contribution in [2.24, 2.45) is 0 Å². The molecule has 0 aliphatic carbocycles. The van der Waals surface area contributed by atoms with E-state index >= 15 is 0 Å². The molecule has 0 radical (unpaired) electrons. The zero-order valence-corrected chi connectivity index (χ0v) is 11.9. The minimum absolute atomic E-state index is 0.0132. The van der Waals surface area contributed by atoms with E-state index in [0.29, 0.717) is 17.5 Å². The molecule has 0 fully saturated rings. The summed E-state index contributed by atoms with van der Waals surface area (Å²) in [5, 5.41) is 4.28. The van der Waals surface area contributed by atoms with E-state index in [9.17, 15) is 13.2 Å². The van der Waals surface area contributed by atoms with Gasteiger partial charge >= 0.3 is 0 Å². The second-order valence-electron chi connectivity index (χ2n) is 4.29. The summed E-state index contributed by atoms with van der Waals surface area (Å²) < 4.78 is 24.5. The lowest BCUT2D eigenvalue weighted by molar-refractivity contribution is 0.112. The highest BCUT2D eigenvalue weighted by Gasteiger charge is 2.13. The van der Waals surface area contributed by atoms with Gasteiger partial charge in [-0.1, -0.05) is 6.92 Å². The van der Waals surface area contributed by atoms with Crippen LogP contribution in [-0.4, -0.2) is 41.0 Å². The normalized spacial score (nSPS) is 11.4. The SMILES string of the molecule is CCS(=O)(=O)CCn1cc(C=O)c(-c2ccncc2)n1. The Morgan fingerprint density at radius 3 is 2.60 bits per heavy atom. The molecule has 20 heavy (non-hydrogen) atoms. The highest BCUT2D eigenvalue weighted by atomic mass is 32.2. The molecule has 0 aromatic carbocycles. The van der Waals surface area contributed by atoms with E-state index < -0.39 is 9.84 Å². The summed E-state index contributed by atoms with van der Waals surface area (Å²) in [6.07, 6.45) is 5.51. The van der Waals surface area contributed by atoms with Gasteiger partial charge in [0.05, 0.1) is 17.9 Å². The average molecular weight is 293 g/mol. The molecule has 0 spiro atoms. The van der Waals surface area contributed by atoms with Crippen molar-refractivity contribution in [1.82, 2.24) is 14.8 Å². The van der Waals surface area contributed by atoms with Crippen molar-refractivity contribution < 1.29 is 13.2 Å². The summed E-state index contributed by atoms with van der Waals surface area (Å²) in [6.45, 7) is 1.85. The molecule has 2 rings (SSSR count). The van der Waals surface area contributed by atoms with Crippen LogP contribution in [0, 0.1) is 0 Å². The van der Waals surface area contributed by atoms with Gasteiger partial charge in [0.2, 0.25) is 0 Å². The van der Waals surface area contributed by atoms with Gasteiger partial charge in [0.25, 0.3) is 0 Å². The van der Waals surface area contributed by atoms with Gasteiger partial charge in [-0.15, -0.1) is 0 Å². The van der Waals surface area contributed by atoms with E-state index in [1.807, 2.05) is 0 Å². The quantitative estimate of drug-likeness (QED) is 0.747. The lowest BCUT2D eigenvalue weighted by Crippen LogP contribution is -2.14. The van der Waals surface area contributed by atoms with Crippen LogP contribution in [0.15, 0.2) is 30.7 Å². The molecule has 0 atom stereocenters. The van der Waals surface area contributed by atoms with E-state index in [4.69, 9.17) is 0 Å². The third-order valence-corrected chi connectivity index (χ3v) is 4.63. The summed E-state index contributed by atoms with van der Waals surface area (Å²) in [4.78, 5) is 15.0. The summed E-state index contributed by atoms with van der Waals surface area (Å²) >= 11 is 0. The van der Waals surface area contributed by atoms with Gasteiger partial charge in [0.15, 0.2) is 16.1 Å². The van der Waals surface area contributed by atoms with E-state index in [1.165, 1.54) is 4.68 Å². The van der Waals surface area contributed by atoms with Crippen molar-refractivity contribution >= 4 is 16.1 Å². The first-order chi connectivity index (χ1) is 9.55. The Morgan fingerprint density at radius 2 is 2.00 bits per heavy atom. The molecule has 0 aliphatic rings. The van der Waals surface area contributed by atoms with Crippen molar-refractivity contribution in [3.8, 4) is 11.3 Å². The van der Waals surface area contributed by atoms with Crippen LogP contribution in [0.3, 0.4) is 0 Å². The van der Waals surface area contributed by atoms with Crippen LogP contribution < -0.4 is 0 Å². The Labute approximate surface area is 117 Å². The van der Waals surface area contributed by atoms with Gasteiger partial charge in [-0.3, -0.25) is 14.5 Å². The highest BCUT2D eigenvalue weighted by molar-refractivity contribution is 7.91. The minimum atomic E-state index is -3.05. The van der Waals surface area contributed by atoms with Gasteiger partial charge < -0.3 is 0 Å². The van der Waals surface area contributed by atoms with Crippen LogP contribution in [0.25, 0.3) is 11.3 Å². The molecule has 0 saturated carbocycles. The Kier molecular flexibility index (Phi) is 4.29. The molecule has 0 saturated heterocycles. The van der Waals surface area contributed by atoms with Crippen molar-refractivity contribution in [2.75, 3.05) is 11.5 Å². The molecule has 2 heterocycles. The van der Waals surface area contributed by atoms with Gasteiger partial charge in [-0.25, -0.2) is 8.42 Å². The van der Waals surface area contributed by atoms with Crippen LogP contribution >= 0.6 is 0 Å². The van der Waals surface area contributed by atoms with Crippen LogP contribution in [0.1, 0.15) is 17.3 Å². The maximum atomic E-state index is 11.5. The summed E-state index contributed by atoms with van der Waals surface area (Å²) in [7, 11) is -3.05. The number of aryl methyl sites for hydroxylation is 1. The number of rotatable bonds is 6. The standard InChI is InChI=1S/C13H15N3O3S/c1-2-20(18,19)8-7-16-9-12(10-17)13(15-16)11-3-5-14-6-4-11/h3-6,9-10H,2,7-8H2,1H3. The maximum absolute atomic E-state index is 11.5. The fourth-order valence-corrected chi connectivity index (χ4v) is 2.50. The fourth-order valence-electron chi connectivity index (χ4n) is 1.75. The molecule has 2 aromatic rings.